The summed E-state index contributed by atoms with van der Waals surface area (Å²) in [7, 11) is 4.52. The van der Waals surface area contributed by atoms with Crippen molar-refractivity contribution in [2.24, 2.45) is 28.1 Å². The fourth-order valence-corrected chi connectivity index (χ4v) is 18.0. The van der Waals surface area contributed by atoms with Gasteiger partial charge in [-0.3, -0.25) is 0 Å². The molecular weight excluding hydrogens is 879 g/mol. The molecule has 2 saturated carbocycles. The van der Waals surface area contributed by atoms with Crippen molar-refractivity contribution in [3.63, 3.8) is 0 Å². The Morgan fingerprint density at radius 3 is 1.59 bits per heavy atom. The van der Waals surface area contributed by atoms with Gasteiger partial charge in [0.1, 0.15) is 29.3 Å². The molecule has 16 rings (SSSR count). The molecule has 0 unspecified atom stereocenters. The van der Waals surface area contributed by atoms with E-state index in [1.165, 1.54) is 27.8 Å². The van der Waals surface area contributed by atoms with Gasteiger partial charge in [-0.25, -0.2) is 0 Å². The standard InChI is InChI=1S/C30H35NO3.C29H33NO3.CH4.Al.Li.4H/c1-19-9-10-21-15-23-29-12-11-28(18-32,22(17-29)27(2,33)16-20-7-5-4-6-8-20)26-30(29,13-14-31(23)3)24(21)25(19)34-26;1-18-9-10-20-15-22-27-11-12-29(32,21(17-27)26(2,31)16-19-7-5-4-6-8-19)25-28(27,13-14-30(22)3)23(20)24(18)33-25;;;;;;;/h4-12,22-23,26,32-33H,13-18H2,1-3H3;4-12,21-22,25,31-32H,13-17H2,1-3H3;1H4;;;;;;/q;;;;+1;;;;-1/t22-,23-,26+,27-,28-,29-,30+;21-,22-,25-,26-,27-,28+,29-;;;;;;;/m11......./s1. The third kappa shape index (κ3) is 6.00. The number of piperidine rings is 2. The zero-order valence-corrected chi connectivity index (χ0v) is 41.1. The van der Waals surface area contributed by atoms with E-state index in [0.29, 0.717) is 24.9 Å². The molecule has 8 nitrogen and oxygen atoms in total. The molecule has 10 heteroatoms. The third-order valence-corrected chi connectivity index (χ3v) is 20.7. The van der Waals surface area contributed by atoms with Gasteiger partial charge in [0.05, 0.1) is 28.6 Å². The number of fused-ring (bicyclic) bond motifs is 2. The van der Waals surface area contributed by atoms with E-state index in [-0.39, 0.29) is 97.4 Å². The molecule has 12 aliphatic rings. The molecule has 8 bridgehead atoms. The second-order valence-electron chi connectivity index (χ2n) is 23.8. The predicted molar refractivity (Wildman–Crippen MR) is 277 cm³/mol. The zero-order valence-electron chi connectivity index (χ0n) is 42.1. The number of hydrogen-bond donors (Lipinski definition) is 4. The molecule has 14 atom stereocenters. The Labute approximate surface area is 440 Å². The molecule has 0 amide bonds. The van der Waals surface area contributed by atoms with E-state index in [1.807, 2.05) is 56.3 Å². The minimum atomic E-state index is -1.21. The van der Waals surface area contributed by atoms with Gasteiger partial charge in [0.25, 0.3) is 0 Å². The molecule has 4 N–H and O–H groups in total. The van der Waals surface area contributed by atoms with Gasteiger partial charge >= 0.3 is 18.9 Å². The van der Waals surface area contributed by atoms with E-state index in [9.17, 15) is 20.4 Å². The Kier molecular flexibility index (Phi) is 11.8. The molecule has 4 aromatic rings. The number of benzene rings is 4. The van der Waals surface area contributed by atoms with Crippen LogP contribution < -0.4 is 28.3 Å². The van der Waals surface area contributed by atoms with Crippen LogP contribution in [0.25, 0.3) is 0 Å². The Bertz CT molecular complexity index is 2790. The van der Waals surface area contributed by atoms with Crippen LogP contribution >= 0.6 is 0 Å². The Morgan fingerprint density at radius 1 is 0.643 bits per heavy atom. The Hall–Kier alpha value is -3.15. The largest absolute Gasteiger partial charge is 1.00 e. The molecule has 8 aliphatic carbocycles. The van der Waals surface area contributed by atoms with Crippen molar-refractivity contribution < 1.29 is 50.2 Å². The molecule has 4 fully saturated rings. The second-order valence-corrected chi connectivity index (χ2v) is 23.8. The number of rotatable bonds is 7. The first-order valence-corrected chi connectivity index (χ1v) is 25.3. The van der Waals surface area contributed by atoms with Crippen molar-refractivity contribution in [1.82, 2.24) is 9.80 Å². The van der Waals surface area contributed by atoms with Crippen LogP contribution in [-0.2, 0) is 36.5 Å². The summed E-state index contributed by atoms with van der Waals surface area (Å²) in [4.78, 5) is 5.07. The molecule has 2 saturated heterocycles. The van der Waals surface area contributed by atoms with Crippen LogP contribution in [0.3, 0.4) is 0 Å². The summed E-state index contributed by atoms with van der Waals surface area (Å²) in [6.07, 6.45) is 15.3. The average molecular weight is 955 g/mol. The Morgan fingerprint density at radius 2 is 1.09 bits per heavy atom. The normalized spacial score (nSPS) is 39.2. The number of aliphatic hydroxyl groups excluding tert-OH is 1. The van der Waals surface area contributed by atoms with E-state index >= 15 is 0 Å². The van der Waals surface area contributed by atoms with Crippen molar-refractivity contribution in [2.45, 2.75) is 138 Å². The van der Waals surface area contributed by atoms with Crippen molar-refractivity contribution in [3.05, 3.63) is 154 Å². The third-order valence-electron chi connectivity index (χ3n) is 20.7. The van der Waals surface area contributed by atoms with Crippen molar-refractivity contribution in [2.75, 3.05) is 33.8 Å². The fraction of sp³-hybridized carbons (Fsp3) is 0.533. The van der Waals surface area contributed by atoms with Gasteiger partial charge in [0.2, 0.25) is 0 Å². The number of hydrogen-bond acceptors (Lipinski definition) is 8. The smallest absolute Gasteiger partial charge is 1.00 e. The first-order valence-electron chi connectivity index (χ1n) is 25.3. The second kappa shape index (κ2) is 16.4. The van der Waals surface area contributed by atoms with Gasteiger partial charge in [0, 0.05) is 64.1 Å². The van der Waals surface area contributed by atoms with E-state index < -0.39 is 22.2 Å². The zero-order chi connectivity index (χ0) is 46.3. The van der Waals surface area contributed by atoms with Gasteiger partial charge in [-0.15, -0.1) is 0 Å². The molecule has 366 valence electrons. The van der Waals surface area contributed by atoms with Gasteiger partial charge in [-0.05, 0) is 127 Å². The van der Waals surface area contributed by atoms with Gasteiger partial charge in [-0.1, -0.05) is 117 Å². The maximum absolute atomic E-state index is 12.4. The molecule has 0 aromatic heterocycles. The number of likely N-dealkylation sites (tertiary alicyclic amines) is 2. The monoisotopic (exact) mass is 955 g/mol. The maximum atomic E-state index is 12.4. The first kappa shape index (κ1) is 50.4. The molecular formula is C60H76AlLiN2O6. The minimum Gasteiger partial charge on any atom is -1.00 e. The summed E-state index contributed by atoms with van der Waals surface area (Å²) in [5.41, 5.74) is 5.72. The summed E-state index contributed by atoms with van der Waals surface area (Å²) in [6, 6.07) is 30.2. The van der Waals surface area contributed by atoms with E-state index in [1.54, 1.807) is 0 Å². The van der Waals surface area contributed by atoms with E-state index in [2.05, 4.69) is 105 Å². The molecule has 4 heterocycles. The summed E-state index contributed by atoms with van der Waals surface area (Å²) >= 11 is 0. The molecule has 4 spiro atoms. The van der Waals surface area contributed by atoms with Gasteiger partial charge in [0.15, 0.2) is 17.4 Å². The summed E-state index contributed by atoms with van der Waals surface area (Å²) in [6.45, 7) is 10.2. The SMILES string of the molecule is C.Cc1ccc2c3c1O[C@H]1[C@@]4(CO)C=C[C@@]5(C[C@@H]4[C@](C)(O)Cc4ccccc4)[C@@H](C2)N(C)CC[C@]315.Cc1ccc2c3c1O[C@H]1[C@@]4(O)C=C[C@@]5(C[C@@H]4[C@](C)(O)Cc4ccccc4)[C@@H](C2)N(C)CC[C@]315.[AlH3].[H-].[Li+]. The first-order chi connectivity index (χ1) is 32.0. The van der Waals surface area contributed by atoms with Crippen LogP contribution in [0, 0.1) is 41.9 Å². The number of nitrogens with zero attached hydrogens (tertiary/aromatic N) is 2. The number of aryl methyl sites for hydroxylation is 2. The number of ether oxygens (including phenoxy) is 2. The van der Waals surface area contributed by atoms with E-state index in [0.717, 1.165) is 79.8 Å². The average Bonchev–Trinajstić information content (AvgIpc) is 3.89. The van der Waals surface area contributed by atoms with Crippen LogP contribution in [0.15, 0.2) is 109 Å². The molecule has 0 radical (unpaired) electrons. The molecule has 4 aromatic carbocycles. The van der Waals surface area contributed by atoms with Crippen LogP contribution in [0.1, 0.15) is 92.9 Å². The van der Waals surface area contributed by atoms with Crippen molar-refractivity contribution in [3.8, 4) is 11.5 Å². The maximum Gasteiger partial charge on any atom is 1.00 e. The van der Waals surface area contributed by atoms with Crippen molar-refractivity contribution in [1.29, 1.82) is 0 Å². The topological polar surface area (TPSA) is 106 Å². The minimum absolute atomic E-state index is 0. The predicted octanol–water partition coefficient (Wildman–Crippen LogP) is 3.93. The van der Waals surface area contributed by atoms with Crippen molar-refractivity contribution >= 4 is 17.4 Å². The quantitative estimate of drug-likeness (QED) is 0.164. The molecule has 70 heavy (non-hydrogen) atoms. The summed E-state index contributed by atoms with van der Waals surface area (Å²) in [5.74, 6) is 1.65. The molecule has 4 aliphatic heterocycles. The van der Waals surface area contributed by atoms with Crippen LogP contribution in [0.2, 0.25) is 0 Å². The number of aliphatic hydroxyl groups is 4. The Balaban J connectivity index is 0.000000166. The number of likely N-dealkylation sites (N-methyl/N-ethyl adjacent to an activating group) is 2. The van der Waals surface area contributed by atoms with Crippen LogP contribution in [0.5, 0.6) is 11.5 Å². The van der Waals surface area contributed by atoms with Crippen LogP contribution in [0.4, 0.5) is 0 Å². The van der Waals surface area contributed by atoms with Gasteiger partial charge in [-0.2, -0.15) is 0 Å². The van der Waals surface area contributed by atoms with Gasteiger partial charge < -0.3 is 41.1 Å². The van der Waals surface area contributed by atoms with E-state index in [4.69, 9.17) is 9.47 Å². The summed E-state index contributed by atoms with van der Waals surface area (Å²) < 4.78 is 13.8. The van der Waals surface area contributed by atoms with Crippen LogP contribution in [-0.4, -0.2) is 122 Å². The fourth-order valence-electron chi connectivity index (χ4n) is 18.0. The summed E-state index contributed by atoms with van der Waals surface area (Å²) in [5, 5.41) is 47.7.